The van der Waals surface area contributed by atoms with Crippen LogP contribution >= 0.6 is 0 Å². The number of carbonyl (C=O) groups is 1. The second kappa shape index (κ2) is 10.1. The summed E-state index contributed by atoms with van der Waals surface area (Å²) in [5.74, 6) is -0.0146. The lowest BCUT2D eigenvalue weighted by Gasteiger charge is -2.45. The summed E-state index contributed by atoms with van der Waals surface area (Å²) < 4.78 is 22.6. The fourth-order valence-electron chi connectivity index (χ4n) is 5.97. The van der Waals surface area contributed by atoms with Gasteiger partial charge in [-0.2, -0.15) is 0 Å². The zero-order valence-electron chi connectivity index (χ0n) is 22.7. The summed E-state index contributed by atoms with van der Waals surface area (Å²) >= 11 is 0. The number of hydrogen-bond donors (Lipinski definition) is 2. The van der Waals surface area contributed by atoms with E-state index in [2.05, 4.69) is 29.6 Å². The lowest BCUT2D eigenvalue weighted by molar-refractivity contribution is 0.142. The summed E-state index contributed by atoms with van der Waals surface area (Å²) in [4.78, 5) is 12.7. The van der Waals surface area contributed by atoms with Crippen molar-refractivity contribution in [3.63, 3.8) is 0 Å². The Kier molecular flexibility index (Phi) is 7.37. The molecular formula is C31H38FNO3Si. The van der Waals surface area contributed by atoms with Crippen LogP contribution in [0.25, 0.3) is 11.1 Å². The fourth-order valence-corrected chi connectivity index (χ4v) is 10.7. The first-order valence-electron chi connectivity index (χ1n) is 12.9. The van der Waals surface area contributed by atoms with Gasteiger partial charge in [0.2, 0.25) is 0 Å². The van der Waals surface area contributed by atoms with E-state index in [1.54, 1.807) is 6.07 Å². The monoisotopic (exact) mass is 519 g/mol. The highest BCUT2D eigenvalue weighted by atomic mass is 28.4. The van der Waals surface area contributed by atoms with Crippen LogP contribution in [0.5, 0.6) is 0 Å². The van der Waals surface area contributed by atoms with E-state index in [9.17, 15) is 9.90 Å². The summed E-state index contributed by atoms with van der Waals surface area (Å²) in [5, 5.41) is 12.3. The van der Waals surface area contributed by atoms with Crippen molar-refractivity contribution in [2.75, 3.05) is 6.61 Å². The normalized spacial score (nSPS) is 13.7. The molecule has 1 aliphatic carbocycles. The van der Waals surface area contributed by atoms with E-state index in [1.807, 2.05) is 77.9 Å². The molecule has 0 saturated carbocycles. The minimum Gasteiger partial charge on any atom is -0.449 e. The van der Waals surface area contributed by atoms with Crippen molar-refractivity contribution in [2.45, 2.75) is 70.7 Å². The first-order chi connectivity index (χ1) is 17.4. The van der Waals surface area contributed by atoms with Gasteiger partial charge in [-0.3, -0.25) is 0 Å². The lowest BCUT2D eigenvalue weighted by atomic mass is 9.98. The maximum absolute atomic E-state index is 16.9. The Hall–Kier alpha value is -2.96. The van der Waals surface area contributed by atoms with Crippen LogP contribution in [-0.2, 0) is 17.9 Å². The van der Waals surface area contributed by atoms with E-state index in [4.69, 9.17) is 4.74 Å². The van der Waals surface area contributed by atoms with Gasteiger partial charge in [-0.15, -0.1) is 0 Å². The highest BCUT2D eigenvalue weighted by Gasteiger charge is 2.56. The molecule has 0 radical (unpaired) electrons. The van der Waals surface area contributed by atoms with Gasteiger partial charge in [-0.1, -0.05) is 108 Å². The third-order valence-electron chi connectivity index (χ3n) is 7.48. The maximum atomic E-state index is 16.9. The summed E-state index contributed by atoms with van der Waals surface area (Å²) in [5.41, 5.74) is 6.06. The third-order valence-corrected chi connectivity index (χ3v) is 12.7. The lowest BCUT2D eigenvalue weighted by Crippen LogP contribution is -2.58. The van der Waals surface area contributed by atoms with Crippen LogP contribution in [0.4, 0.5) is 8.90 Å². The molecule has 196 valence electrons. The summed E-state index contributed by atoms with van der Waals surface area (Å²) in [6, 6.07) is 21.9. The standard InChI is InChI=1S/C31H38FNO3Si/c1-30(2,3)37(32,31(4,5)6)23-16-21(15-22(17-23)19-34)18-33-29(35)36-20-28-26-13-9-7-11-24(26)25-12-8-10-14-27(25)28/h7-17,28,34H,18-20H2,1-6H3,(H,33,35). The first-order valence-corrected chi connectivity index (χ1v) is 14.8. The summed E-state index contributed by atoms with van der Waals surface area (Å²) in [7, 11) is -3.52. The van der Waals surface area contributed by atoms with Gasteiger partial charge in [-0.25, -0.2) is 4.79 Å². The molecule has 0 saturated heterocycles. The molecule has 0 unspecified atom stereocenters. The van der Waals surface area contributed by atoms with Crippen LogP contribution < -0.4 is 10.5 Å². The Balaban J connectivity index is 1.49. The number of hydrogen-bond acceptors (Lipinski definition) is 3. The predicted molar refractivity (Wildman–Crippen MR) is 150 cm³/mol. The summed E-state index contributed by atoms with van der Waals surface area (Å²) in [6.45, 7) is 11.9. The first kappa shape index (κ1) is 27.1. The number of alkyl carbamates (subject to hydrolysis) is 1. The number of amides is 1. The number of benzene rings is 3. The minimum atomic E-state index is -3.52. The third kappa shape index (κ3) is 5.09. The zero-order chi connectivity index (χ0) is 27.0. The number of fused-ring (bicyclic) bond motifs is 3. The van der Waals surface area contributed by atoms with E-state index in [1.165, 1.54) is 11.1 Å². The van der Waals surface area contributed by atoms with Crippen LogP contribution in [0.3, 0.4) is 0 Å². The number of rotatable bonds is 6. The van der Waals surface area contributed by atoms with Gasteiger partial charge in [-0.05, 0) is 48.6 Å². The van der Waals surface area contributed by atoms with Gasteiger partial charge < -0.3 is 19.3 Å². The van der Waals surface area contributed by atoms with Gasteiger partial charge in [0.1, 0.15) is 6.61 Å². The van der Waals surface area contributed by atoms with Crippen molar-refractivity contribution in [1.82, 2.24) is 5.32 Å². The Labute approximate surface area is 221 Å². The van der Waals surface area contributed by atoms with Crippen molar-refractivity contribution < 1.29 is 18.7 Å². The van der Waals surface area contributed by atoms with Crippen molar-refractivity contribution in [2.24, 2.45) is 0 Å². The average molecular weight is 520 g/mol. The molecule has 6 heteroatoms. The fraction of sp³-hybridized carbons (Fsp3) is 0.387. The number of aliphatic hydroxyl groups is 1. The predicted octanol–water partition coefficient (Wildman–Crippen LogP) is 6.94. The highest BCUT2D eigenvalue weighted by Crippen LogP contribution is 2.51. The number of ether oxygens (including phenoxy) is 1. The molecule has 1 amide bonds. The minimum absolute atomic E-state index is 0.0146. The van der Waals surface area contributed by atoms with E-state index in [0.29, 0.717) is 10.8 Å². The van der Waals surface area contributed by atoms with Gasteiger partial charge in [0, 0.05) is 12.5 Å². The topological polar surface area (TPSA) is 58.6 Å². The smallest absolute Gasteiger partial charge is 0.407 e. The molecule has 1 aliphatic rings. The van der Waals surface area contributed by atoms with Gasteiger partial charge in [0.15, 0.2) is 0 Å². The Morgan fingerprint density at radius 1 is 0.892 bits per heavy atom. The molecule has 0 heterocycles. The van der Waals surface area contributed by atoms with Crippen molar-refractivity contribution >= 4 is 19.7 Å². The van der Waals surface area contributed by atoms with Crippen LogP contribution in [0.2, 0.25) is 10.1 Å². The highest BCUT2D eigenvalue weighted by molar-refractivity contribution is 6.90. The molecule has 4 rings (SSSR count). The molecule has 0 aliphatic heterocycles. The van der Waals surface area contributed by atoms with Gasteiger partial charge >= 0.3 is 6.09 Å². The number of carbonyl (C=O) groups excluding carboxylic acids is 1. The molecular weight excluding hydrogens is 481 g/mol. The van der Waals surface area contributed by atoms with E-state index >= 15 is 4.11 Å². The summed E-state index contributed by atoms with van der Waals surface area (Å²) in [6.07, 6.45) is -0.520. The van der Waals surface area contributed by atoms with Crippen LogP contribution in [-0.4, -0.2) is 26.2 Å². The van der Waals surface area contributed by atoms with Gasteiger partial charge in [0.05, 0.1) is 6.61 Å². The number of aliphatic hydroxyl groups excluding tert-OH is 1. The van der Waals surface area contributed by atoms with Crippen molar-refractivity contribution in [3.05, 3.63) is 89.0 Å². The molecule has 0 fully saturated rings. The molecule has 0 atom stereocenters. The Bertz CT molecular complexity index is 1230. The quantitative estimate of drug-likeness (QED) is 0.274. The maximum Gasteiger partial charge on any atom is 0.407 e. The Morgan fingerprint density at radius 2 is 1.41 bits per heavy atom. The second-order valence-electron chi connectivity index (χ2n) is 12.0. The average Bonchev–Trinajstić information content (AvgIpc) is 3.17. The molecule has 2 N–H and O–H groups in total. The van der Waals surface area contributed by atoms with Crippen molar-refractivity contribution in [3.8, 4) is 11.1 Å². The Morgan fingerprint density at radius 3 is 1.92 bits per heavy atom. The van der Waals surface area contributed by atoms with Crippen LogP contribution in [0, 0.1) is 0 Å². The molecule has 3 aromatic rings. The molecule has 0 aromatic heterocycles. The second-order valence-corrected chi connectivity index (χ2v) is 16.9. The molecule has 4 nitrogen and oxygen atoms in total. The van der Waals surface area contributed by atoms with Crippen molar-refractivity contribution in [1.29, 1.82) is 0 Å². The number of nitrogens with one attached hydrogen (secondary N) is 1. The molecule has 3 aromatic carbocycles. The largest absolute Gasteiger partial charge is 0.449 e. The van der Waals surface area contributed by atoms with Crippen LogP contribution in [0.15, 0.2) is 66.7 Å². The molecule has 0 bridgehead atoms. The van der Waals surface area contributed by atoms with Gasteiger partial charge in [0.25, 0.3) is 8.41 Å². The van der Waals surface area contributed by atoms with E-state index in [0.717, 1.165) is 16.7 Å². The molecule has 37 heavy (non-hydrogen) atoms. The molecule has 0 spiro atoms. The van der Waals surface area contributed by atoms with Crippen LogP contribution in [0.1, 0.15) is 69.7 Å². The SMILES string of the molecule is CC(C)(C)[Si](F)(c1cc(CO)cc(CNC(=O)OCC2c3ccccc3-c3ccccc32)c1)C(C)(C)C. The van der Waals surface area contributed by atoms with E-state index in [-0.39, 0.29) is 25.7 Å². The number of halogens is 1. The zero-order valence-corrected chi connectivity index (χ0v) is 23.7. The van der Waals surface area contributed by atoms with E-state index < -0.39 is 24.6 Å².